The highest BCUT2D eigenvalue weighted by molar-refractivity contribution is 6.30. The molecule has 0 saturated carbocycles. The van der Waals surface area contributed by atoms with Crippen LogP contribution in [0.1, 0.15) is 11.1 Å². The number of amides is 3. The van der Waals surface area contributed by atoms with E-state index < -0.39 is 11.9 Å². The van der Waals surface area contributed by atoms with Crippen LogP contribution in [-0.2, 0) is 11.2 Å². The van der Waals surface area contributed by atoms with Gasteiger partial charge in [0.2, 0.25) is 0 Å². The number of primary amides is 2. The number of rotatable bonds is 7. The highest BCUT2D eigenvalue weighted by Crippen LogP contribution is 2.33. The monoisotopic (exact) mass is 409 g/mol. The average Bonchev–Trinajstić information content (AvgIpc) is 2.68. The van der Waals surface area contributed by atoms with Gasteiger partial charge in [0.1, 0.15) is 5.75 Å². The number of benzene rings is 3. The predicted octanol–water partition coefficient (Wildman–Crippen LogP) is 3.95. The van der Waals surface area contributed by atoms with E-state index in [9.17, 15) is 9.59 Å². The topological polar surface area (TPSA) is 107 Å². The normalized spacial score (nSPS) is 10.4. The van der Waals surface area contributed by atoms with Gasteiger partial charge >= 0.3 is 6.03 Å². The number of carbonyl (C=O) groups excluding carboxylic acids is 2. The zero-order valence-electron chi connectivity index (χ0n) is 15.5. The molecule has 6 nitrogen and oxygen atoms in total. The minimum atomic E-state index is -0.601. The van der Waals surface area contributed by atoms with Crippen molar-refractivity contribution in [1.29, 1.82) is 0 Å². The number of hydrogen-bond acceptors (Lipinski definition) is 3. The average molecular weight is 410 g/mol. The Bertz CT molecular complexity index is 1040. The number of hydrogen-bond donors (Lipinski definition) is 3. The van der Waals surface area contributed by atoms with Crippen LogP contribution < -0.4 is 21.5 Å². The summed E-state index contributed by atoms with van der Waals surface area (Å²) >= 11 is 6.14. The summed E-state index contributed by atoms with van der Waals surface area (Å²) in [7, 11) is 0. The van der Waals surface area contributed by atoms with Crippen molar-refractivity contribution in [3.8, 4) is 16.9 Å². The van der Waals surface area contributed by atoms with Crippen LogP contribution in [0.15, 0.2) is 66.7 Å². The fourth-order valence-electron chi connectivity index (χ4n) is 2.93. The molecule has 7 heteroatoms. The van der Waals surface area contributed by atoms with Crippen LogP contribution in [-0.4, -0.2) is 18.5 Å². The van der Waals surface area contributed by atoms with E-state index in [1.165, 1.54) is 0 Å². The van der Waals surface area contributed by atoms with Crippen molar-refractivity contribution in [3.05, 3.63) is 82.9 Å². The number of nitrogens with one attached hydrogen (secondary N) is 1. The van der Waals surface area contributed by atoms with Gasteiger partial charge in [-0.3, -0.25) is 4.79 Å². The first kappa shape index (κ1) is 20.2. The number of urea groups is 1. The van der Waals surface area contributed by atoms with Crippen molar-refractivity contribution >= 4 is 29.2 Å². The van der Waals surface area contributed by atoms with Crippen molar-refractivity contribution in [2.45, 2.75) is 6.42 Å². The third-order valence-corrected chi connectivity index (χ3v) is 4.41. The molecule has 0 spiro atoms. The molecule has 0 aliphatic heterocycles. The zero-order valence-corrected chi connectivity index (χ0v) is 16.3. The molecule has 0 atom stereocenters. The summed E-state index contributed by atoms with van der Waals surface area (Å²) in [4.78, 5) is 22.0. The Morgan fingerprint density at radius 3 is 2.31 bits per heavy atom. The Labute approximate surface area is 173 Å². The minimum Gasteiger partial charge on any atom is -0.483 e. The van der Waals surface area contributed by atoms with Crippen molar-refractivity contribution in [1.82, 2.24) is 0 Å². The third kappa shape index (κ3) is 5.73. The van der Waals surface area contributed by atoms with Crippen LogP contribution in [0, 0.1) is 0 Å². The lowest BCUT2D eigenvalue weighted by molar-refractivity contribution is -0.119. The molecule has 0 aliphatic carbocycles. The van der Waals surface area contributed by atoms with Gasteiger partial charge in [-0.25, -0.2) is 4.79 Å². The van der Waals surface area contributed by atoms with Gasteiger partial charge in [0.25, 0.3) is 5.91 Å². The standard InChI is InChI=1S/C22H20ClN3O3/c23-17-3-1-2-16(12-17)19-11-15(6-9-20(19)29-13-21(24)27)10-14-4-7-18(8-5-14)26-22(25)28/h1-9,11-12H,10,13H2,(H2,24,27)(H3,25,26,28). The molecule has 29 heavy (non-hydrogen) atoms. The summed E-state index contributed by atoms with van der Waals surface area (Å²) in [6.45, 7) is -0.207. The summed E-state index contributed by atoms with van der Waals surface area (Å²) in [5.74, 6) is 0.00611. The Hall–Kier alpha value is -3.51. The van der Waals surface area contributed by atoms with Crippen LogP contribution in [0.4, 0.5) is 10.5 Å². The number of nitrogens with two attached hydrogens (primary N) is 2. The summed E-state index contributed by atoms with van der Waals surface area (Å²) in [6.07, 6.45) is 0.667. The maximum absolute atomic E-state index is 11.1. The molecule has 0 radical (unpaired) electrons. The van der Waals surface area contributed by atoms with Crippen molar-refractivity contribution in [2.24, 2.45) is 11.5 Å². The van der Waals surface area contributed by atoms with E-state index >= 15 is 0 Å². The molecule has 3 aromatic carbocycles. The zero-order chi connectivity index (χ0) is 20.8. The van der Waals surface area contributed by atoms with Gasteiger partial charge in [-0.2, -0.15) is 0 Å². The Morgan fingerprint density at radius 1 is 0.931 bits per heavy atom. The lowest BCUT2D eigenvalue weighted by atomic mass is 9.98. The molecule has 5 N–H and O–H groups in total. The Balaban J connectivity index is 1.88. The van der Waals surface area contributed by atoms with Gasteiger partial charge in [0.05, 0.1) is 0 Å². The van der Waals surface area contributed by atoms with Crippen LogP contribution in [0.25, 0.3) is 11.1 Å². The second-order valence-electron chi connectivity index (χ2n) is 6.46. The van der Waals surface area contributed by atoms with Gasteiger partial charge < -0.3 is 21.5 Å². The van der Waals surface area contributed by atoms with E-state index in [0.29, 0.717) is 22.9 Å². The molecule has 0 aliphatic rings. The van der Waals surface area contributed by atoms with E-state index in [1.807, 2.05) is 48.5 Å². The minimum absolute atomic E-state index is 0.207. The SMILES string of the molecule is NC(=O)COc1ccc(Cc2ccc(NC(N)=O)cc2)cc1-c1cccc(Cl)c1. The molecular formula is C22H20ClN3O3. The first-order valence-electron chi connectivity index (χ1n) is 8.86. The van der Waals surface area contributed by atoms with Gasteiger partial charge in [-0.15, -0.1) is 0 Å². The first-order valence-corrected chi connectivity index (χ1v) is 9.24. The summed E-state index contributed by atoms with van der Waals surface area (Å²) in [5.41, 5.74) is 14.8. The lowest BCUT2D eigenvalue weighted by Gasteiger charge is -2.13. The highest BCUT2D eigenvalue weighted by Gasteiger charge is 2.10. The highest BCUT2D eigenvalue weighted by atomic mass is 35.5. The van der Waals surface area contributed by atoms with Crippen molar-refractivity contribution < 1.29 is 14.3 Å². The van der Waals surface area contributed by atoms with E-state index in [2.05, 4.69) is 5.32 Å². The van der Waals surface area contributed by atoms with Gasteiger partial charge in [-0.1, -0.05) is 41.9 Å². The quantitative estimate of drug-likeness (QED) is 0.549. The molecule has 0 fully saturated rings. The van der Waals surface area contributed by atoms with Crippen molar-refractivity contribution in [3.63, 3.8) is 0 Å². The van der Waals surface area contributed by atoms with E-state index in [0.717, 1.165) is 22.3 Å². The number of anilines is 1. The molecule has 148 valence electrons. The second kappa shape index (κ2) is 9.12. The fourth-order valence-corrected chi connectivity index (χ4v) is 3.12. The molecule has 3 rings (SSSR count). The van der Waals surface area contributed by atoms with Gasteiger partial charge in [-0.05, 0) is 59.5 Å². The number of carbonyl (C=O) groups is 2. The Morgan fingerprint density at radius 2 is 1.66 bits per heavy atom. The first-order chi connectivity index (χ1) is 13.9. The van der Waals surface area contributed by atoms with Crippen LogP contribution >= 0.6 is 11.6 Å². The maximum atomic E-state index is 11.1. The fraction of sp³-hybridized carbons (Fsp3) is 0.0909. The molecule has 0 bridgehead atoms. The molecule has 0 aromatic heterocycles. The van der Waals surface area contributed by atoms with E-state index in [1.54, 1.807) is 18.2 Å². The van der Waals surface area contributed by atoms with Crippen molar-refractivity contribution in [2.75, 3.05) is 11.9 Å². The second-order valence-corrected chi connectivity index (χ2v) is 6.90. The number of halogens is 1. The largest absolute Gasteiger partial charge is 0.483 e. The van der Waals surface area contributed by atoms with E-state index in [-0.39, 0.29) is 6.61 Å². The maximum Gasteiger partial charge on any atom is 0.316 e. The smallest absolute Gasteiger partial charge is 0.316 e. The molecule has 0 heterocycles. The van der Waals surface area contributed by atoms with Crippen LogP contribution in [0.3, 0.4) is 0 Å². The number of ether oxygens (including phenoxy) is 1. The Kier molecular flexibility index (Phi) is 6.36. The predicted molar refractivity (Wildman–Crippen MR) is 114 cm³/mol. The molecule has 3 amide bonds. The van der Waals surface area contributed by atoms with E-state index in [4.69, 9.17) is 27.8 Å². The summed E-state index contributed by atoms with van der Waals surface area (Å²) < 4.78 is 5.58. The van der Waals surface area contributed by atoms with Gasteiger partial charge in [0.15, 0.2) is 6.61 Å². The molecule has 3 aromatic rings. The molecule has 0 unspecified atom stereocenters. The summed E-state index contributed by atoms with van der Waals surface area (Å²) in [6, 6.07) is 20.0. The van der Waals surface area contributed by atoms with Crippen LogP contribution in [0.2, 0.25) is 5.02 Å². The lowest BCUT2D eigenvalue weighted by Crippen LogP contribution is -2.20. The summed E-state index contributed by atoms with van der Waals surface area (Å²) in [5, 5.41) is 3.14. The van der Waals surface area contributed by atoms with Gasteiger partial charge in [0, 0.05) is 16.3 Å². The third-order valence-electron chi connectivity index (χ3n) is 4.18. The molecular weight excluding hydrogens is 390 g/mol. The van der Waals surface area contributed by atoms with Crippen LogP contribution in [0.5, 0.6) is 5.75 Å². The molecule has 0 saturated heterocycles.